The molecule has 6 amide bonds. The van der Waals surface area contributed by atoms with E-state index in [1.165, 1.54) is 0 Å². The van der Waals surface area contributed by atoms with Crippen molar-refractivity contribution >= 4 is 46.9 Å². The number of amides is 6. The fraction of sp³-hybridized carbons (Fsp3) is 0.460. The second-order valence-corrected chi connectivity index (χ2v) is 18.8. The minimum atomic E-state index is -0.976. The third-order valence-corrected chi connectivity index (χ3v) is 14.8. The first kappa shape index (κ1) is 44.3. The van der Waals surface area contributed by atoms with Crippen molar-refractivity contribution in [2.24, 2.45) is 17.6 Å². The Morgan fingerprint density at radius 3 is 2.18 bits per heavy atom. The summed E-state index contributed by atoms with van der Waals surface area (Å²) in [7, 11) is 0. The summed E-state index contributed by atoms with van der Waals surface area (Å²) in [5, 5.41) is 10.7. The van der Waals surface area contributed by atoms with Gasteiger partial charge in [0.15, 0.2) is 0 Å². The van der Waals surface area contributed by atoms with Crippen molar-refractivity contribution in [3.63, 3.8) is 0 Å². The zero-order chi connectivity index (χ0) is 46.2. The minimum Gasteiger partial charge on any atom is -0.457 e. The number of para-hydroxylation sites is 1. The van der Waals surface area contributed by atoms with E-state index < -0.39 is 35.6 Å². The van der Waals surface area contributed by atoms with Gasteiger partial charge in [-0.05, 0) is 118 Å². The zero-order valence-corrected chi connectivity index (χ0v) is 37.7. The number of imide groups is 2. The summed E-state index contributed by atoms with van der Waals surface area (Å²) in [6.07, 6.45) is 5.57. The van der Waals surface area contributed by atoms with Crippen molar-refractivity contribution in [2.75, 3.05) is 82.2 Å². The number of primary amides is 1. The van der Waals surface area contributed by atoms with Crippen molar-refractivity contribution in [2.45, 2.75) is 63.5 Å². The van der Waals surface area contributed by atoms with Crippen LogP contribution in [0.1, 0.15) is 88.5 Å². The van der Waals surface area contributed by atoms with Crippen molar-refractivity contribution < 1.29 is 33.5 Å². The maximum absolute atomic E-state index is 13.5. The van der Waals surface area contributed by atoms with Crippen LogP contribution in [0.2, 0.25) is 0 Å². The summed E-state index contributed by atoms with van der Waals surface area (Å²) in [5.74, 6) is 0.727. The van der Waals surface area contributed by atoms with Crippen LogP contribution in [0.15, 0.2) is 72.8 Å². The van der Waals surface area contributed by atoms with Gasteiger partial charge in [0, 0.05) is 83.0 Å². The molecule has 0 saturated carbocycles. The number of hydrogen-bond acceptors (Lipinski definition) is 12. The fourth-order valence-electron chi connectivity index (χ4n) is 11.0. The van der Waals surface area contributed by atoms with E-state index in [1.807, 2.05) is 70.2 Å². The number of nitrogens with zero attached hydrogens (tertiary/aromatic N) is 7. The Morgan fingerprint density at radius 1 is 0.746 bits per heavy atom. The van der Waals surface area contributed by atoms with Crippen LogP contribution in [0.3, 0.4) is 0 Å². The van der Waals surface area contributed by atoms with Gasteiger partial charge in [0.1, 0.15) is 34.6 Å². The molecule has 0 aliphatic carbocycles. The van der Waals surface area contributed by atoms with E-state index in [-0.39, 0.29) is 24.8 Å². The van der Waals surface area contributed by atoms with Crippen LogP contribution in [0, 0.1) is 11.8 Å². The third-order valence-electron chi connectivity index (χ3n) is 14.8. The van der Waals surface area contributed by atoms with Gasteiger partial charge in [-0.15, -0.1) is 0 Å². The van der Waals surface area contributed by atoms with Gasteiger partial charge >= 0.3 is 0 Å². The summed E-state index contributed by atoms with van der Waals surface area (Å²) in [6, 6.07) is 21.6. The summed E-state index contributed by atoms with van der Waals surface area (Å²) < 4.78 is 7.95. The Morgan fingerprint density at radius 2 is 1.46 bits per heavy atom. The molecule has 6 aliphatic rings. The molecule has 1 aromatic heterocycles. The number of nitrogens with one attached hydrogen (secondary N) is 2. The van der Waals surface area contributed by atoms with Gasteiger partial charge in [0.05, 0.1) is 17.2 Å². The highest BCUT2D eigenvalue weighted by Gasteiger charge is 2.45. The first-order chi connectivity index (χ1) is 32.6. The molecule has 0 radical (unpaired) electrons. The summed E-state index contributed by atoms with van der Waals surface area (Å²) in [4.78, 5) is 87.3. The van der Waals surface area contributed by atoms with E-state index in [1.54, 1.807) is 12.1 Å². The van der Waals surface area contributed by atoms with Crippen molar-refractivity contribution in [1.82, 2.24) is 34.7 Å². The number of likely N-dealkylation sites (tertiary alicyclic amines) is 2. The Hall–Kier alpha value is -6.59. The Labute approximate surface area is 389 Å². The number of rotatable bonds is 12. The average molecular weight is 911 g/mol. The van der Waals surface area contributed by atoms with Crippen molar-refractivity contribution in [3.05, 3.63) is 89.5 Å². The first-order valence-electron chi connectivity index (χ1n) is 23.9. The first-order valence-corrected chi connectivity index (χ1v) is 23.9. The minimum absolute atomic E-state index is 0.0897. The lowest BCUT2D eigenvalue weighted by Gasteiger charge is -2.40. The third kappa shape index (κ3) is 9.13. The van der Waals surface area contributed by atoms with E-state index in [0.717, 1.165) is 106 Å². The SMILES string of the molecule is NC(=O)c1c(-c2ccc(Oc3ccccc3)cc2)nn2c1NCC[C@H]2C1CCN(C(=O)CCN2CCC(CN3CCN(c4ccc5c(c4)C(=O)N(C4CCC(=O)NC4=O)C5=O)CC3)CC2)CC1. The molecule has 1 unspecified atom stereocenters. The van der Waals surface area contributed by atoms with Crippen LogP contribution >= 0.6 is 0 Å². The maximum Gasteiger partial charge on any atom is 0.262 e. The molecule has 2 atom stereocenters. The molecule has 4 fully saturated rings. The van der Waals surface area contributed by atoms with E-state index in [9.17, 15) is 28.8 Å². The smallest absolute Gasteiger partial charge is 0.262 e. The number of carbonyl (C=O) groups excluding carboxylic acids is 6. The topological polar surface area (TPSA) is 196 Å². The quantitative estimate of drug-likeness (QED) is 0.170. The highest BCUT2D eigenvalue weighted by Crippen LogP contribution is 2.41. The predicted molar refractivity (Wildman–Crippen MR) is 250 cm³/mol. The Bertz CT molecular complexity index is 2540. The van der Waals surface area contributed by atoms with E-state index in [0.29, 0.717) is 71.8 Å². The van der Waals surface area contributed by atoms with Crippen LogP contribution in [-0.2, 0) is 14.4 Å². The number of fused-ring (bicyclic) bond motifs is 2. The molecule has 10 rings (SSSR count). The molecule has 4 saturated heterocycles. The number of benzene rings is 3. The van der Waals surface area contributed by atoms with E-state index >= 15 is 0 Å². The van der Waals surface area contributed by atoms with Gasteiger partial charge in [0.2, 0.25) is 17.7 Å². The van der Waals surface area contributed by atoms with E-state index in [2.05, 4.69) is 25.3 Å². The molecule has 0 bridgehead atoms. The number of hydrogen-bond donors (Lipinski definition) is 3. The standard InChI is InChI=1S/C50H58N10O7/c51-46(63)44-45(34-6-9-37(10-7-34)67-36-4-2-1-3-5-36)54-60-40(14-20-52-47(44)60)33-17-24-58(25-18-33)43(62)19-23-55-21-15-32(16-22-55)31-56-26-28-57(29-27-56)35-8-11-38-39(30-35)50(66)59(49(38)65)41-12-13-42(61)53-48(41)64/h1-11,30,32-33,40-41,52H,12-29,31H2,(H2,51,63)(H,53,61,64)/t40-,41?/m0/s1. The highest BCUT2D eigenvalue weighted by atomic mass is 16.5. The summed E-state index contributed by atoms with van der Waals surface area (Å²) >= 11 is 0. The molecular weight excluding hydrogens is 853 g/mol. The number of aromatic nitrogens is 2. The Balaban J connectivity index is 0.657. The lowest BCUT2D eigenvalue weighted by atomic mass is 9.86. The monoisotopic (exact) mass is 910 g/mol. The number of anilines is 2. The second-order valence-electron chi connectivity index (χ2n) is 18.8. The highest BCUT2D eigenvalue weighted by molar-refractivity contribution is 6.23. The average Bonchev–Trinajstić information content (AvgIpc) is 3.86. The van der Waals surface area contributed by atoms with Gasteiger partial charge in [-0.1, -0.05) is 18.2 Å². The molecule has 17 nitrogen and oxygen atoms in total. The van der Waals surface area contributed by atoms with Gasteiger partial charge in [-0.2, -0.15) is 5.10 Å². The van der Waals surface area contributed by atoms with Gasteiger partial charge in [-0.3, -0.25) is 43.9 Å². The Kier molecular flexibility index (Phi) is 12.5. The lowest BCUT2D eigenvalue weighted by Crippen LogP contribution is -2.54. The second kappa shape index (κ2) is 19.0. The molecular formula is C50H58N10O7. The van der Waals surface area contributed by atoms with Crippen LogP contribution < -0.4 is 26.0 Å². The number of piperidine rings is 3. The van der Waals surface area contributed by atoms with Gasteiger partial charge in [0.25, 0.3) is 17.7 Å². The predicted octanol–water partition coefficient (Wildman–Crippen LogP) is 4.36. The van der Waals surface area contributed by atoms with Crippen LogP contribution in [0.5, 0.6) is 11.5 Å². The lowest BCUT2D eigenvalue weighted by molar-refractivity contribution is -0.136. The number of piperazine rings is 1. The van der Waals surface area contributed by atoms with Gasteiger partial charge < -0.3 is 30.5 Å². The van der Waals surface area contributed by atoms with E-state index in [4.69, 9.17) is 15.6 Å². The molecule has 4 aromatic rings. The van der Waals surface area contributed by atoms with Gasteiger partial charge in [-0.25, -0.2) is 4.68 Å². The molecule has 3 aromatic carbocycles. The molecule has 4 N–H and O–H groups in total. The largest absolute Gasteiger partial charge is 0.457 e. The molecule has 67 heavy (non-hydrogen) atoms. The molecule has 6 aliphatic heterocycles. The molecule has 17 heteroatoms. The van der Waals surface area contributed by atoms with Crippen LogP contribution in [0.4, 0.5) is 11.5 Å². The molecule has 7 heterocycles. The van der Waals surface area contributed by atoms with Crippen LogP contribution in [0.25, 0.3) is 11.3 Å². The molecule has 0 spiro atoms. The maximum atomic E-state index is 13.5. The normalized spacial score (nSPS) is 22.1. The number of carbonyl (C=O) groups is 6. The van der Waals surface area contributed by atoms with Crippen molar-refractivity contribution in [1.29, 1.82) is 0 Å². The summed E-state index contributed by atoms with van der Waals surface area (Å²) in [5.41, 5.74) is 9.21. The zero-order valence-electron chi connectivity index (χ0n) is 37.7. The molecule has 350 valence electrons. The van der Waals surface area contributed by atoms with Crippen molar-refractivity contribution in [3.8, 4) is 22.8 Å². The fourth-order valence-corrected chi connectivity index (χ4v) is 11.0. The van der Waals surface area contributed by atoms with Crippen LogP contribution in [-0.4, -0.2) is 143 Å². The number of ether oxygens (including phenoxy) is 1. The number of nitrogens with two attached hydrogens (primary N) is 1. The summed E-state index contributed by atoms with van der Waals surface area (Å²) in [6.45, 7) is 9.32.